The molecule has 0 amide bonds. The van der Waals surface area contributed by atoms with Gasteiger partial charge in [0.15, 0.2) is 0 Å². The molecule has 2 aromatic heterocycles. The van der Waals surface area contributed by atoms with Crippen LogP contribution in [0.25, 0.3) is 28.3 Å². The zero-order valence-corrected chi connectivity index (χ0v) is 17.2. The summed E-state index contributed by atoms with van der Waals surface area (Å²) in [5, 5.41) is 19.8. The molecule has 0 bridgehead atoms. The highest BCUT2D eigenvalue weighted by Crippen LogP contribution is 2.31. The average Bonchev–Trinajstić information content (AvgIpc) is 3.19. The van der Waals surface area contributed by atoms with E-state index in [0.717, 1.165) is 46.2 Å². The van der Waals surface area contributed by atoms with Crippen LogP contribution in [-0.2, 0) is 0 Å². The number of aromatic amines is 1. The van der Waals surface area contributed by atoms with Crippen molar-refractivity contribution < 1.29 is 9.14 Å². The molecule has 4 aromatic rings. The first-order valence-corrected chi connectivity index (χ1v) is 10.1. The molecule has 1 N–H and O–H groups in total. The Morgan fingerprint density at radius 3 is 2.65 bits per heavy atom. The van der Waals surface area contributed by atoms with Gasteiger partial charge in [-0.1, -0.05) is 17.1 Å². The zero-order chi connectivity index (χ0) is 21.5. The lowest BCUT2D eigenvalue weighted by atomic mass is 10.1. The fourth-order valence-electron chi connectivity index (χ4n) is 4.07. The molecule has 0 unspecified atom stereocenters. The Morgan fingerprint density at radius 1 is 1.13 bits per heavy atom. The number of nitrogens with one attached hydrogen (secondary N) is 1. The topological polar surface area (TPSA) is 92.8 Å². The summed E-state index contributed by atoms with van der Waals surface area (Å²) >= 11 is 0. The molecule has 0 aliphatic carbocycles. The number of benzene rings is 2. The van der Waals surface area contributed by atoms with Crippen molar-refractivity contribution in [3.05, 3.63) is 58.7 Å². The fraction of sp³-hybridized carbons (Fsp3) is 0.167. The number of anilines is 1. The van der Waals surface area contributed by atoms with Gasteiger partial charge in [-0.25, -0.2) is 0 Å². The van der Waals surface area contributed by atoms with Crippen LogP contribution in [0.3, 0.4) is 0 Å². The Kier molecular flexibility index (Phi) is 4.31. The van der Waals surface area contributed by atoms with Crippen LogP contribution in [0.5, 0.6) is 11.6 Å². The van der Waals surface area contributed by atoms with Crippen molar-refractivity contribution in [2.75, 3.05) is 18.0 Å². The highest BCUT2D eigenvalue weighted by atomic mass is 16.5. The summed E-state index contributed by atoms with van der Waals surface area (Å²) in [6.45, 7) is 6.02. The van der Waals surface area contributed by atoms with Crippen molar-refractivity contribution in [1.82, 2.24) is 9.97 Å². The highest BCUT2D eigenvalue weighted by Gasteiger charge is 2.25. The lowest BCUT2D eigenvalue weighted by Crippen LogP contribution is -2.48. The van der Waals surface area contributed by atoms with E-state index in [-0.39, 0.29) is 11.1 Å². The number of hydrogen-bond donors (Lipinski definition) is 1. The number of H-pyrrole nitrogens is 1. The molecule has 0 atom stereocenters. The van der Waals surface area contributed by atoms with Crippen LogP contribution in [0.2, 0.25) is 0 Å². The summed E-state index contributed by atoms with van der Waals surface area (Å²) in [4.78, 5) is 10.3. The summed E-state index contributed by atoms with van der Waals surface area (Å²) in [6.07, 6.45) is 2.03. The van der Waals surface area contributed by atoms with E-state index in [1.807, 2.05) is 59.0 Å². The summed E-state index contributed by atoms with van der Waals surface area (Å²) in [7, 11) is 0. The van der Waals surface area contributed by atoms with Crippen LogP contribution in [-0.4, -0.2) is 23.1 Å². The summed E-state index contributed by atoms with van der Waals surface area (Å²) < 4.78 is 8.02. The Balaban J connectivity index is 1.87. The first kappa shape index (κ1) is 18.7. The van der Waals surface area contributed by atoms with Crippen LogP contribution >= 0.6 is 0 Å². The number of para-hydroxylation sites is 2. The molecular formula is C24H19N6O+. The predicted octanol–water partition coefficient (Wildman–Crippen LogP) is 2.28. The molecule has 0 saturated heterocycles. The second-order valence-electron chi connectivity index (χ2n) is 7.22. The lowest BCUT2D eigenvalue weighted by Gasteiger charge is -2.22. The molecule has 2 aromatic carbocycles. The standard InChI is InChI=1S/C24H18N6O/c1-3-29(4-2)17-10-9-15-11-18-23-27-19-7-5-6-8-20(19)30(23)22(16(13-25)14-26)28-24(18)31-21(15)12-17/h5-12H,3-4H2,1-2H3/p+1. The van der Waals surface area contributed by atoms with Crippen molar-refractivity contribution in [3.8, 4) is 23.8 Å². The van der Waals surface area contributed by atoms with E-state index in [0.29, 0.717) is 11.6 Å². The molecule has 150 valence electrons. The molecule has 7 nitrogen and oxygen atoms in total. The van der Waals surface area contributed by atoms with E-state index >= 15 is 0 Å². The number of rotatable bonds is 3. The van der Waals surface area contributed by atoms with E-state index in [1.165, 1.54) is 0 Å². The Bertz CT molecular complexity index is 1550. The second kappa shape index (κ2) is 7.16. The van der Waals surface area contributed by atoms with Crippen molar-refractivity contribution in [2.24, 2.45) is 0 Å². The van der Waals surface area contributed by atoms with Crippen LogP contribution in [0.4, 0.5) is 5.69 Å². The predicted molar refractivity (Wildman–Crippen MR) is 117 cm³/mol. The normalized spacial score (nSPS) is 11.6. The van der Waals surface area contributed by atoms with Crippen LogP contribution in [0.15, 0.2) is 42.5 Å². The maximum Gasteiger partial charge on any atom is 0.310 e. The van der Waals surface area contributed by atoms with Crippen LogP contribution < -0.4 is 24.7 Å². The quantitative estimate of drug-likeness (QED) is 0.463. The van der Waals surface area contributed by atoms with Crippen LogP contribution in [0.1, 0.15) is 19.4 Å². The third-order valence-corrected chi connectivity index (χ3v) is 5.61. The fourth-order valence-corrected chi connectivity index (χ4v) is 4.07. The third-order valence-electron chi connectivity index (χ3n) is 5.61. The number of ether oxygens (including phenoxy) is 1. The van der Waals surface area contributed by atoms with E-state index in [1.54, 1.807) is 0 Å². The minimum atomic E-state index is -0.0751. The van der Waals surface area contributed by atoms with Crippen molar-refractivity contribution in [3.63, 3.8) is 0 Å². The molecule has 0 fully saturated rings. The molecule has 7 heteroatoms. The molecule has 31 heavy (non-hydrogen) atoms. The number of imidazole rings is 1. The van der Waals surface area contributed by atoms with Crippen molar-refractivity contribution in [2.45, 2.75) is 13.8 Å². The zero-order valence-electron chi connectivity index (χ0n) is 17.2. The first-order valence-electron chi connectivity index (χ1n) is 10.1. The minimum Gasteiger partial charge on any atom is -0.425 e. The SMILES string of the molecule is CCN(CC)c1ccc2c(c1)Oc1nc(=C(C#N)C#N)[n+]3c([nH]c4ccccc43)c1=C2. The molecule has 1 aliphatic rings. The monoisotopic (exact) mass is 407 g/mol. The largest absolute Gasteiger partial charge is 0.425 e. The van der Waals surface area contributed by atoms with E-state index in [2.05, 4.69) is 34.8 Å². The molecule has 1 aliphatic heterocycles. The Hall–Kier alpha value is -4.36. The van der Waals surface area contributed by atoms with Gasteiger partial charge in [-0.3, -0.25) is 4.98 Å². The number of fused-ring (bicyclic) bond motifs is 6. The average molecular weight is 407 g/mol. The van der Waals surface area contributed by atoms with Gasteiger partial charge in [-0.15, -0.1) is 0 Å². The van der Waals surface area contributed by atoms with Gasteiger partial charge in [0, 0.05) is 30.4 Å². The van der Waals surface area contributed by atoms with Crippen molar-refractivity contribution >= 4 is 34.0 Å². The van der Waals surface area contributed by atoms with Crippen LogP contribution in [0, 0.1) is 22.7 Å². The maximum absolute atomic E-state index is 9.53. The number of nitriles is 2. The van der Waals surface area contributed by atoms with Gasteiger partial charge >= 0.3 is 11.4 Å². The highest BCUT2D eigenvalue weighted by molar-refractivity contribution is 5.77. The summed E-state index contributed by atoms with van der Waals surface area (Å²) in [5.74, 6) is 1.07. The van der Waals surface area contributed by atoms with Gasteiger partial charge in [-0.05, 0) is 44.2 Å². The minimum absolute atomic E-state index is 0.0751. The van der Waals surface area contributed by atoms with E-state index < -0.39 is 0 Å². The lowest BCUT2D eigenvalue weighted by molar-refractivity contribution is -0.502. The Labute approximate surface area is 178 Å². The van der Waals surface area contributed by atoms with Gasteiger partial charge < -0.3 is 9.64 Å². The van der Waals surface area contributed by atoms with Gasteiger partial charge in [-0.2, -0.15) is 14.9 Å². The molecule has 3 heterocycles. The summed E-state index contributed by atoms with van der Waals surface area (Å²) in [5.41, 5.74) is 4.64. The molecule has 0 radical (unpaired) electrons. The Morgan fingerprint density at radius 2 is 1.90 bits per heavy atom. The third kappa shape index (κ3) is 2.79. The van der Waals surface area contributed by atoms with Gasteiger partial charge in [0.05, 0.1) is 0 Å². The molecule has 0 spiro atoms. The maximum atomic E-state index is 9.53. The molecule has 5 rings (SSSR count). The first-order chi connectivity index (χ1) is 15.2. The number of aromatic nitrogens is 3. The van der Waals surface area contributed by atoms with E-state index in [4.69, 9.17) is 4.74 Å². The molecule has 0 saturated carbocycles. The smallest absolute Gasteiger partial charge is 0.310 e. The number of nitrogens with zero attached hydrogens (tertiary/aromatic N) is 5. The van der Waals surface area contributed by atoms with E-state index in [9.17, 15) is 10.5 Å². The number of hydrogen-bond acceptors (Lipinski definition) is 5. The van der Waals surface area contributed by atoms with Crippen molar-refractivity contribution in [1.29, 1.82) is 10.5 Å². The van der Waals surface area contributed by atoms with Gasteiger partial charge in [0.1, 0.15) is 34.1 Å². The van der Waals surface area contributed by atoms with Gasteiger partial charge in [0.2, 0.25) is 11.2 Å². The summed E-state index contributed by atoms with van der Waals surface area (Å²) in [6, 6.07) is 17.8. The second-order valence-corrected chi connectivity index (χ2v) is 7.22. The van der Waals surface area contributed by atoms with Gasteiger partial charge in [0.25, 0.3) is 0 Å². The molecular weight excluding hydrogens is 388 g/mol.